The largest absolute Gasteiger partial charge is 0.508 e. The first kappa shape index (κ1) is 12.4. The van der Waals surface area contributed by atoms with Crippen molar-refractivity contribution < 1.29 is 19.0 Å². The summed E-state index contributed by atoms with van der Waals surface area (Å²) >= 11 is 0. The number of phenolic OH excluding ortho intramolecular Hbond substituents is 1. The number of allylic oxidation sites excluding steroid dienone is 1. The van der Waals surface area contributed by atoms with E-state index in [1.165, 1.54) is 24.3 Å². The van der Waals surface area contributed by atoms with E-state index in [4.69, 9.17) is 4.74 Å². The molecule has 0 amide bonds. The highest BCUT2D eigenvalue weighted by Gasteiger charge is 2.29. The topological polar surface area (TPSA) is 46.5 Å². The van der Waals surface area contributed by atoms with Gasteiger partial charge in [0.15, 0.2) is 5.76 Å². The average Bonchev–Trinajstić information content (AvgIpc) is 2.69. The van der Waals surface area contributed by atoms with Crippen LogP contribution < -0.4 is 4.74 Å². The molecule has 1 aliphatic heterocycles. The molecule has 0 saturated heterocycles. The Morgan fingerprint density at radius 1 is 1.25 bits per heavy atom. The smallest absolute Gasteiger partial charge is 0.232 e. The molecule has 0 spiro atoms. The van der Waals surface area contributed by atoms with Gasteiger partial charge in [-0.1, -0.05) is 18.2 Å². The first-order chi connectivity index (χ1) is 9.56. The molecule has 0 aromatic heterocycles. The molecule has 0 aliphatic carbocycles. The van der Waals surface area contributed by atoms with E-state index in [9.17, 15) is 14.3 Å². The molecule has 1 heterocycles. The summed E-state index contributed by atoms with van der Waals surface area (Å²) in [5.41, 5.74) is 1.32. The number of ketones is 1. The molecule has 2 aromatic rings. The fraction of sp³-hybridized carbons (Fsp3) is 0.0625. The molecule has 0 radical (unpaired) electrons. The summed E-state index contributed by atoms with van der Waals surface area (Å²) in [7, 11) is 0. The number of carbonyl (C=O) groups is 1. The van der Waals surface area contributed by atoms with E-state index in [1.54, 1.807) is 25.1 Å². The second-order valence-electron chi connectivity index (χ2n) is 4.60. The molecule has 3 rings (SSSR count). The van der Waals surface area contributed by atoms with Crippen molar-refractivity contribution in [1.29, 1.82) is 0 Å². The summed E-state index contributed by atoms with van der Waals surface area (Å²) in [5, 5.41) is 9.51. The predicted molar refractivity (Wildman–Crippen MR) is 72.2 cm³/mol. The maximum atomic E-state index is 13.6. The van der Waals surface area contributed by atoms with E-state index in [-0.39, 0.29) is 22.9 Å². The minimum Gasteiger partial charge on any atom is -0.508 e. The van der Waals surface area contributed by atoms with Crippen molar-refractivity contribution in [2.45, 2.75) is 6.92 Å². The van der Waals surface area contributed by atoms with Crippen molar-refractivity contribution in [2.75, 3.05) is 0 Å². The van der Waals surface area contributed by atoms with E-state index < -0.39 is 5.82 Å². The number of hydrogen-bond donors (Lipinski definition) is 1. The molecule has 0 bridgehead atoms. The normalized spacial score (nSPS) is 15.3. The maximum absolute atomic E-state index is 13.6. The number of fused-ring (bicyclic) bond motifs is 1. The van der Waals surface area contributed by atoms with Crippen LogP contribution in [0.15, 0.2) is 42.2 Å². The zero-order chi connectivity index (χ0) is 14.3. The van der Waals surface area contributed by atoms with Gasteiger partial charge in [0.25, 0.3) is 0 Å². The zero-order valence-corrected chi connectivity index (χ0v) is 10.7. The first-order valence-electron chi connectivity index (χ1n) is 6.08. The Bertz CT molecular complexity index is 747. The molecular formula is C16H11FO3. The Hall–Kier alpha value is -2.62. The highest BCUT2D eigenvalue weighted by atomic mass is 19.1. The van der Waals surface area contributed by atoms with Gasteiger partial charge in [0, 0.05) is 11.6 Å². The summed E-state index contributed by atoms with van der Waals surface area (Å²) in [6, 6.07) is 9.00. The monoisotopic (exact) mass is 270 g/mol. The SMILES string of the molecule is Cc1cc(O)cc2c1C(=O)/C(=C/c1ccccc1F)O2. The average molecular weight is 270 g/mol. The minimum atomic E-state index is -0.424. The van der Waals surface area contributed by atoms with Crippen LogP contribution in [0.2, 0.25) is 0 Å². The highest BCUT2D eigenvalue weighted by Crippen LogP contribution is 2.37. The predicted octanol–water partition coefficient (Wildman–Crippen LogP) is 3.46. The van der Waals surface area contributed by atoms with Gasteiger partial charge in [0.1, 0.15) is 17.3 Å². The number of carbonyl (C=O) groups excluding carboxylic acids is 1. The third-order valence-electron chi connectivity index (χ3n) is 3.15. The number of aromatic hydroxyl groups is 1. The third-order valence-corrected chi connectivity index (χ3v) is 3.15. The second kappa shape index (κ2) is 4.49. The van der Waals surface area contributed by atoms with Crippen molar-refractivity contribution >= 4 is 11.9 Å². The number of hydrogen-bond acceptors (Lipinski definition) is 3. The number of Topliss-reactive ketones (excluding diaryl/α,β-unsaturated/α-hetero) is 1. The van der Waals surface area contributed by atoms with Crippen LogP contribution in [-0.4, -0.2) is 10.9 Å². The fourth-order valence-corrected chi connectivity index (χ4v) is 2.22. The summed E-state index contributed by atoms with van der Waals surface area (Å²) < 4.78 is 19.0. The standard InChI is InChI=1S/C16H11FO3/c1-9-6-11(18)8-13-15(9)16(19)14(20-13)7-10-4-2-3-5-12(10)17/h2-8,18H,1H3/b14-7-. The molecule has 0 saturated carbocycles. The molecule has 1 aliphatic rings. The Labute approximate surface area is 114 Å². The third kappa shape index (κ3) is 1.95. The number of phenols is 1. The Kier molecular flexibility index (Phi) is 2.79. The number of halogens is 1. The maximum Gasteiger partial charge on any atom is 0.232 e. The Balaban J connectivity index is 2.07. The first-order valence-corrected chi connectivity index (χ1v) is 6.08. The Morgan fingerprint density at radius 2 is 2.00 bits per heavy atom. The molecule has 3 nitrogen and oxygen atoms in total. The minimum absolute atomic E-state index is 0.0289. The van der Waals surface area contributed by atoms with Crippen LogP contribution in [-0.2, 0) is 0 Å². The van der Waals surface area contributed by atoms with Crippen molar-refractivity contribution in [2.24, 2.45) is 0 Å². The van der Waals surface area contributed by atoms with Gasteiger partial charge < -0.3 is 9.84 Å². The summed E-state index contributed by atoms with van der Waals surface area (Å²) in [6.07, 6.45) is 1.37. The lowest BCUT2D eigenvalue weighted by molar-refractivity contribution is 0.101. The summed E-state index contributed by atoms with van der Waals surface area (Å²) in [5.74, 6) is -0.345. The lowest BCUT2D eigenvalue weighted by atomic mass is 10.0. The van der Waals surface area contributed by atoms with Crippen LogP contribution in [0.5, 0.6) is 11.5 Å². The quantitative estimate of drug-likeness (QED) is 0.807. The lowest BCUT2D eigenvalue weighted by Crippen LogP contribution is -2.00. The zero-order valence-electron chi connectivity index (χ0n) is 10.7. The second-order valence-corrected chi connectivity index (χ2v) is 4.60. The van der Waals surface area contributed by atoms with E-state index in [2.05, 4.69) is 0 Å². The summed E-state index contributed by atoms with van der Waals surface area (Å²) in [6.45, 7) is 1.71. The van der Waals surface area contributed by atoms with Crippen molar-refractivity contribution in [3.63, 3.8) is 0 Å². The van der Waals surface area contributed by atoms with Gasteiger partial charge in [-0.2, -0.15) is 0 Å². The number of benzene rings is 2. The van der Waals surface area contributed by atoms with Gasteiger partial charge in [-0.3, -0.25) is 4.79 Å². The van der Waals surface area contributed by atoms with E-state index in [1.807, 2.05) is 0 Å². The van der Waals surface area contributed by atoms with Crippen molar-refractivity contribution in [3.05, 3.63) is 64.7 Å². The fourth-order valence-electron chi connectivity index (χ4n) is 2.22. The molecule has 0 fully saturated rings. The van der Waals surface area contributed by atoms with Crippen LogP contribution in [0.25, 0.3) is 6.08 Å². The van der Waals surface area contributed by atoms with Crippen molar-refractivity contribution in [1.82, 2.24) is 0 Å². The van der Waals surface area contributed by atoms with Gasteiger partial charge in [0.05, 0.1) is 5.56 Å². The van der Waals surface area contributed by atoms with Crippen molar-refractivity contribution in [3.8, 4) is 11.5 Å². The van der Waals surface area contributed by atoms with Gasteiger partial charge in [-0.25, -0.2) is 4.39 Å². The molecule has 0 atom stereocenters. The van der Waals surface area contributed by atoms with Gasteiger partial charge >= 0.3 is 0 Å². The molecule has 2 aromatic carbocycles. The Morgan fingerprint density at radius 3 is 2.75 bits per heavy atom. The molecule has 4 heteroatoms. The molecule has 0 unspecified atom stereocenters. The van der Waals surface area contributed by atoms with Gasteiger partial charge in [-0.15, -0.1) is 0 Å². The van der Waals surface area contributed by atoms with E-state index >= 15 is 0 Å². The van der Waals surface area contributed by atoms with E-state index in [0.29, 0.717) is 16.9 Å². The van der Waals surface area contributed by atoms with Crippen LogP contribution in [0.4, 0.5) is 4.39 Å². The van der Waals surface area contributed by atoms with Crippen LogP contribution in [0.3, 0.4) is 0 Å². The van der Waals surface area contributed by atoms with Crippen LogP contribution >= 0.6 is 0 Å². The lowest BCUT2D eigenvalue weighted by Gasteiger charge is -2.01. The van der Waals surface area contributed by atoms with Gasteiger partial charge in [-0.05, 0) is 30.7 Å². The van der Waals surface area contributed by atoms with Crippen LogP contribution in [0.1, 0.15) is 21.5 Å². The molecule has 100 valence electrons. The molecular weight excluding hydrogens is 259 g/mol. The van der Waals surface area contributed by atoms with Crippen LogP contribution in [0, 0.1) is 12.7 Å². The van der Waals surface area contributed by atoms with Gasteiger partial charge in [0.2, 0.25) is 5.78 Å². The molecule has 20 heavy (non-hydrogen) atoms. The summed E-state index contributed by atoms with van der Waals surface area (Å²) in [4.78, 5) is 12.2. The number of rotatable bonds is 1. The number of ether oxygens (including phenoxy) is 1. The molecule has 1 N–H and O–H groups in total. The number of aryl methyl sites for hydroxylation is 1. The highest BCUT2D eigenvalue weighted by molar-refractivity contribution is 6.15. The van der Waals surface area contributed by atoms with E-state index in [0.717, 1.165) is 0 Å².